The smallest absolute Gasteiger partial charge is 0.138 e. The molecule has 0 bridgehead atoms. The van der Waals surface area contributed by atoms with Gasteiger partial charge in [-0.15, -0.1) is 0 Å². The number of benzene rings is 7. The summed E-state index contributed by atoms with van der Waals surface area (Å²) in [5, 5.41) is 6.19. The molecular weight excluding hydrogens is 705 g/mol. The molecule has 12 aromatic rings. The number of pyridine rings is 2. The second-order valence-corrected chi connectivity index (χ2v) is 15.5. The van der Waals surface area contributed by atoms with E-state index in [4.69, 9.17) is 4.98 Å². The maximum Gasteiger partial charge on any atom is 0.138 e. The normalized spacial score (nSPS) is 12.7. The van der Waals surface area contributed by atoms with E-state index in [-0.39, 0.29) is 0 Å². The van der Waals surface area contributed by atoms with E-state index in [1.807, 2.05) is 0 Å². The molecule has 58 heavy (non-hydrogen) atoms. The van der Waals surface area contributed by atoms with E-state index in [0.29, 0.717) is 0 Å². The minimum absolute atomic E-state index is 0.870. The van der Waals surface area contributed by atoms with E-state index in [0.717, 1.165) is 39.9 Å². The van der Waals surface area contributed by atoms with Crippen LogP contribution in [0.15, 0.2) is 194 Å². The van der Waals surface area contributed by atoms with Gasteiger partial charge in [0, 0.05) is 44.6 Å². The van der Waals surface area contributed by atoms with Crippen LogP contribution in [0.2, 0.25) is 0 Å². The summed E-state index contributed by atoms with van der Waals surface area (Å²) < 4.78 is 4.83. The van der Waals surface area contributed by atoms with Crippen LogP contribution in [0.3, 0.4) is 0 Å². The summed E-state index contributed by atoms with van der Waals surface area (Å²) in [7, 11) is 0. The highest BCUT2D eigenvalue weighted by molar-refractivity contribution is 6.16. The van der Waals surface area contributed by atoms with E-state index in [1.54, 1.807) is 0 Å². The predicted octanol–water partition coefficient (Wildman–Crippen LogP) is 14.0. The number of anilines is 3. The fourth-order valence-corrected chi connectivity index (χ4v) is 9.95. The molecule has 0 radical (unpaired) electrons. The SMILES string of the molecule is c1ccc(-c2cc(-n3c4ccccc4c4cc(-c5ccc6c(c5)N(c5ccccc5)c5c(c7c8ccccc8c8cccc5n87)C6)ccc43)nc3ccccc23)cc1. The maximum absolute atomic E-state index is 5.29. The molecule has 270 valence electrons. The molecule has 1 aliphatic heterocycles. The molecule has 1 aliphatic rings. The minimum atomic E-state index is 0.870. The number of para-hydroxylation sites is 3. The molecule has 7 aromatic carbocycles. The topological polar surface area (TPSA) is 25.5 Å². The first-order valence-electron chi connectivity index (χ1n) is 20.0. The van der Waals surface area contributed by atoms with Crippen LogP contribution in [-0.2, 0) is 6.42 Å². The lowest BCUT2D eigenvalue weighted by atomic mass is 9.92. The van der Waals surface area contributed by atoms with Crippen molar-refractivity contribution in [2.45, 2.75) is 6.42 Å². The number of fused-ring (bicyclic) bond motifs is 11. The van der Waals surface area contributed by atoms with Crippen LogP contribution in [0.4, 0.5) is 17.1 Å². The van der Waals surface area contributed by atoms with Crippen LogP contribution in [0.25, 0.3) is 88.1 Å². The van der Waals surface area contributed by atoms with Crippen molar-refractivity contribution >= 4 is 77.1 Å². The maximum atomic E-state index is 5.29. The van der Waals surface area contributed by atoms with Crippen LogP contribution in [0.1, 0.15) is 11.1 Å². The molecule has 0 atom stereocenters. The fourth-order valence-electron chi connectivity index (χ4n) is 9.95. The van der Waals surface area contributed by atoms with E-state index < -0.39 is 0 Å². The first-order valence-corrected chi connectivity index (χ1v) is 20.0. The van der Waals surface area contributed by atoms with Crippen molar-refractivity contribution < 1.29 is 0 Å². The van der Waals surface area contributed by atoms with Gasteiger partial charge in [-0.25, -0.2) is 4.98 Å². The van der Waals surface area contributed by atoms with Gasteiger partial charge in [0.1, 0.15) is 5.82 Å². The average Bonchev–Trinajstić information content (AvgIpc) is 3.93. The van der Waals surface area contributed by atoms with Gasteiger partial charge in [-0.05, 0) is 88.5 Å². The standard InChI is InChI=1S/C54H34N4/c1-3-14-34(15-4-1)43-33-52(55-46-22-11-9-18-39(43)46)57-47-23-12-10-20-41(47)44-30-35(28-29-49(44)57)36-26-27-37-31-45-53-42-21-8-7-19-40(42)48-24-13-25-50(58(48)53)54(45)56(51(37)32-36)38-16-5-2-6-17-38/h1-30,32-33H,31H2. The zero-order chi connectivity index (χ0) is 37.9. The van der Waals surface area contributed by atoms with E-state index in [2.05, 4.69) is 208 Å². The molecule has 6 heterocycles. The molecule has 5 aromatic heterocycles. The molecule has 0 amide bonds. The minimum Gasteiger partial charge on any atom is -0.308 e. The number of nitrogens with zero attached hydrogens (tertiary/aromatic N) is 4. The highest BCUT2D eigenvalue weighted by atomic mass is 15.2. The van der Waals surface area contributed by atoms with Crippen LogP contribution in [-0.4, -0.2) is 14.0 Å². The fraction of sp³-hybridized carbons (Fsp3) is 0.0185. The predicted molar refractivity (Wildman–Crippen MR) is 242 cm³/mol. The van der Waals surface area contributed by atoms with Crippen molar-refractivity contribution in [2.24, 2.45) is 0 Å². The van der Waals surface area contributed by atoms with Gasteiger partial charge in [0.2, 0.25) is 0 Å². The first-order chi connectivity index (χ1) is 28.8. The third-order valence-corrected chi connectivity index (χ3v) is 12.4. The van der Waals surface area contributed by atoms with E-state index in [9.17, 15) is 0 Å². The van der Waals surface area contributed by atoms with Gasteiger partial charge in [0.05, 0.1) is 44.5 Å². The Hall–Kier alpha value is -7.69. The lowest BCUT2D eigenvalue weighted by Crippen LogP contribution is -2.17. The van der Waals surface area contributed by atoms with E-state index >= 15 is 0 Å². The van der Waals surface area contributed by atoms with Crippen molar-refractivity contribution in [1.82, 2.24) is 14.0 Å². The Kier molecular flexibility index (Phi) is 6.47. The lowest BCUT2D eigenvalue weighted by Gasteiger charge is -2.32. The Morgan fingerprint density at radius 3 is 1.91 bits per heavy atom. The third kappa shape index (κ3) is 4.37. The highest BCUT2D eigenvalue weighted by Crippen LogP contribution is 2.52. The summed E-state index contributed by atoms with van der Waals surface area (Å²) in [5.74, 6) is 0.915. The number of hydrogen-bond acceptors (Lipinski definition) is 2. The van der Waals surface area contributed by atoms with Crippen molar-refractivity contribution in [3.63, 3.8) is 0 Å². The number of rotatable bonds is 4. The Balaban J connectivity index is 1.00. The molecule has 0 spiro atoms. The Morgan fingerprint density at radius 1 is 0.431 bits per heavy atom. The summed E-state index contributed by atoms with van der Waals surface area (Å²) in [6.45, 7) is 0. The Bertz CT molecular complexity index is 3600. The second kappa shape index (κ2) is 11.9. The van der Waals surface area contributed by atoms with Gasteiger partial charge < -0.3 is 9.30 Å². The molecular formula is C54H34N4. The second-order valence-electron chi connectivity index (χ2n) is 15.5. The van der Waals surface area contributed by atoms with Gasteiger partial charge in [-0.2, -0.15) is 0 Å². The molecule has 13 rings (SSSR count). The van der Waals surface area contributed by atoms with Crippen molar-refractivity contribution in [2.75, 3.05) is 4.90 Å². The molecule has 4 heteroatoms. The zero-order valence-electron chi connectivity index (χ0n) is 31.5. The summed E-state index contributed by atoms with van der Waals surface area (Å²) >= 11 is 0. The zero-order valence-corrected chi connectivity index (χ0v) is 31.5. The van der Waals surface area contributed by atoms with E-state index in [1.165, 1.54) is 82.9 Å². The summed E-state index contributed by atoms with van der Waals surface area (Å²) in [6, 6.07) is 70.7. The number of hydrogen-bond donors (Lipinski definition) is 0. The largest absolute Gasteiger partial charge is 0.308 e. The highest BCUT2D eigenvalue weighted by Gasteiger charge is 2.32. The summed E-state index contributed by atoms with van der Waals surface area (Å²) in [4.78, 5) is 7.80. The van der Waals surface area contributed by atoms with Crippen molar-refractivity contribution in [3.05, 3.63) is 205 Å². The molecule has 0 fully saturated rings. The Labute approximate surface area is 334 Å². The van der Waals surface area contributed by atoms with Gasteiger partial charge in [0.15, 0.2) is 0 Å². The van der Waals surface area contributed by atoms with Crippen molar-refractivity contribution in [1.29, 1.82) is 0 Å². The van der Waals surface area contributed by atoms with Crippen LogP contribution in [0.5, 0.6) is 0 Å². The lowest BCUT2D eigenvalue weighted by molar-refractivity contribution is 1.10. The van der Waals surface area contributed by atoms with Gasteiger partial charge in [-0.3, -0.25) is 4.57 Å². The molecule has 0 aliphatic carbocycles. The molecule has 0 saturated carbocycles. The quantitative estimate of drug-likeness (QED) is 0.180. The average molecular weight is 739 g/mol. The molecule has 4 nitrogen and oxygen atoms in total. The monoisotopic (exact) mass is 738 g/mol. The van der Waals surface area contributed by atoms with Crippen LogP contribution >= 0.6 is 0 Å². The Morgan fingerprint density at radius 2 is 1.07 bits per heavy atom. The molecule has 0 saturated heterocycles. The summed E-state index contributed by atoms with van der Waals surface area (Å²) in [5.41, 5.74) is 18.2. The van der Waals surface area contributed by atoms with Gasteiger partial charge in [-0.1, -0.05) is 133 Å². The van der Waals surface area contributed by atoms with Crippen LogP contribution in [0, 0.1) is 0 Å². The van der Waals surface area contributed by atoms with Gasteiger partial charge in [0.25, 0.3) is 0 Å². The van der Waals surface area contributed by atoms with Gasteiger partial charge >= 0.3 is 0 Å². The van der Waals surface area contributed by atoms with Crippen LogP contribution < -0.4 is 4.90 Å². The van der Waals surface area contributed by atoms with Crippen molar-refractivity contribution in [3.8, 4) is 28.1 Å². The summed E-state index contributed by atoms with van der Waals surface area (Å²) in [6.07, 6.45) is 0.870. The molecule has 0 N–H and O–H groups in total. The third-order valence-electron chi connectivity index (χ3n) is 12.4. The number of aromatic nitrogens is 3. The first kappa shape index (κ1) is 31.5. The molecule has 0 unspecified atom stereocenters.